The lowest BCUT2D eigenvalue weighted by molar-refractivity contribution is -0.0183. The highest BCUT2D eigenvalue weighted by Crippen LogP contribution is 2.78. The summed E-state index contributed by atoms with van der Waals surface area (Å²) >= 11 is 7.01. The molecule has 3 atom stereocenters. The molecule has 5 rings (SSSR count). The highest BCUT2D eigenvalue weighted by molar-refractivity contribution is 7.85. The lowest BCUT2D eigenvalue weighted by Gasteiger charge is -2.31. The molecule has 2 bridgehead atoms. The van der Waals surface area contributed by atoms with E-state index in [-0.39, 0.29) is 0 Å². The molecule has 0 aliphatic carbocycles. The van der Waals surface area contributed by atoms with Crippen molar-refractivity contribution < 1.29 is 4.74 Å². The maximum atomic E-state index is 7.01. The van der Waals surface area contributed by atoms with Gasteiger partial charge in [-0.3, -0.25) is 0 Å². The van der Waals surface area contributed by atoms with Gasteiger partial charge in [0.05, 0.1) is 0 Å². The van der Waals surface area contributed by atoms with E-state index in [4.69, 9.17) is 16.0 Å². The summed E-state index contributed by atoms with van der Waals surface area (Å²) in [5.41, 5.74) is 4.42. The second-order valence-electron chi connectivity index (χ2n) is 6.37. The maximum absolute atomic E-state index is 7.01. The Morgan fingerprint density at radius 1 is 0.708 bits per heavy atom. The van der Waals surface area contributed by atoms with Gasteiger partial charge in [-0.05, 0) is 16.7 Å². The quantitative estimate of drug-likeness (QED) is 0.530. The lowest BCUT2D eigenvalue weighted by Crippen LogP contribution is -2.27. The molecule has 1 fully saturated rings. The monoisotopic (exact) mass is 350 g/mol. The topological polar surface area (TPSA) is 9.23 Å². The minimum atomic E-state index is -0.848. The van der Waals surface area contributed by atoms with E-state index in [0.717, 1.165) is 11.7 Å². The summed E-state index contributed by atoms with van der Waals surface area (Å²) in [6, 6.07) is 29.5. The molecule has 0 aromatic heterocycles. The predicted octanol–water partition coefficient (Wildman–Crippen LogP) is 5.81. The van der Waals surface area contributed by atoms with Crippen molar-refractivity contribution in [3.63, 3.8) is 0 Å². The number of benzene rings is 3. The SMILES string of the molecule is Cl[P@@]1C[C@]2(c3ccccc3)O[C@@]1(c1ccccc1)c1ccccc12. The van der Waals surface area contributed by atoms with Gasteiger partial charge in [0.15, 0.2) is 5.34 Å². The van der Waals surface area contributed by atoms with Crippen molar-refractivity contribution >= 4 is 18.5 Å². The van der Waals surface area contributed by atoms with Crippen molar-refractivity contribution in [1.29, 1.82) is 0 Å². The third-order valence-electron chi connectivity index (χ3n) is 5.16. The summed E-state index contributed by atoms with van der Waals surface area (Å²) in [5.74, 6) is 0. The van der Waals surface area contributed by atoms with Crippen LogP contribution in [0.2, 0.25) is 0 Å². The molecule has 0 saturated carbocycles. The van der Waals surface area contributed by atoms with Crippen LogP contribution in [-0.4, -0.2) is 6.16 Å². The van der Waals surface area contributed by atoms with Crippen molar-refractivity contribution in [3.8, 4) is 0 Å². The van der Waals surface area contributed by atoms with Crippen LogP contribution in [-0.2, 0) is 15.7 Å². The molecule has 3 heteroatoms. The van der Waals surface area contributed by atoms with Crippen molar-refractivity contribution in [1.82, 2.24) is 0 Å². The van der Waals surface area contributed by atoms with Crippen LogP contribution in [0.15, 0.2) is 84.9 Å². The second kappa shape index (κ2) is 5.17. The highest BCUT2D eigenvalue weighted by Gasteiger charge is 2.65. The Kier molecular flexibility index (Phi) is 3.16. The van der Waals surface area contributed by atoms with Gasteiger partial charge in [-0.2, -0.15) is 0 Å². The zero-order valence-electron chi connectivity index (χ0n) is 13.0. The molecular formula is C21H16ClOP. The minimum absolute atomic E-state index is 0.429. The predicted molar refractivity (Wildman–Crippen MR) is 99.6 cm³/mol. The fraction of sp³-hybridized carbons (Fsp3) is 0.143. The van der Waals surface area contributed by atoms with E-state index in [2.05, 4.69) is 72.8 Å². The van der Waals surface area contributed by atoms with E-state index < -0.39 is 18.2 Å². The first-order valence-electron chi connectivity index (χ1n) is 8.12. The summed E-state index contributed by atoms with van der Waals surface area (Å²) in [4.78, 5) is 0. The van der Waals surface area contributed by atoms with Crippen molar-refractivity contribution in [2.24, 2.45) is 0 Å². The Balaban J connectivity index is 1.81. The fourth-order valence-electron chi connectivity index (χ4n) is 4.13. The first kappa shape index (κ1) is 14.7. The van der Waals surface area contributed by atoms with Crippen LogP contribution < -0.4 is 0 Å². The Bertz CT molecular complexity index is 898. The first-order chi connectivity index (χ1) is 11.8. The lowest BCUT2D eigenvalue weighted by atomic mass is 9.85. The van der Waals surface area contributed by atoms with Crippen LogP contribution in [0.1, 0.15) is 22.3 Å². The van der Waals surface area contributed by atoms with Crippen LogP contribution in [0, 0.1) is 0 Å². The Labute approximate surface area is 147 Å². The molecule has 0 N–H and O–H groups in total. The molecule has 0 unspecified atom stereocenters. The van der Waals surface area contributed by atoms with Gasteiger partial charge in [-0.15, -0.1) is 0 Å². The number of halogens is 1. The number of rotatable bonds is 2. The van der Waals surface area contributed by atoms with E-state index in [1.165, 1.54) is 16.7 Å². The van der Waals surface area contributed by atoms with Crippen molar-refractivity contribution in [2.75, 3.05) is 6.16 Å². The van der Waals surface area contributed by atoms with Gasteiger partial charge in [0.1, 0.15) is 5.60 Å². The van der Waals surface area contributed by atoms with Crippen LogP contribution in [0.25, 0.3) is 0 Å². The molecule has 24 heavy (non-hydrogen) atoms. The van der Waals surface area contributed by atoms with E-state index in [0.29, 0.717) is 0 Å². The standard InChI is InChI=1S/C21H16ClOP/c22-24-15-20(16-9-3-1-4-10-16)18-13-7-8-14-19(18)21(24,23-20)17-11-5-2-6-12-17/h1-14H,15H2/t20-,21-,24+/m1/s1. The third-order valence-corrected chi connectivity index (χ3v) is 8.23. The zero-order chi connectivity index (χ0) is 16.2. The van der Waals surface area contributed by atoms with E-state index in [1.54, 1.807) is 0 Å². The maximum Gasteiger partial charge on any atom is 0.153 e. The first-order valence-corrected chi connectivity index (χ1v) is 10.6. The summed E-state index contributed by atoms with van der Waals surface area (Å²) in [5, 5.41) is -0.509. The normalized spacial score (nSPS) is 30.3. The Morgan fingerprint density at radius 2 is 1.25 bits per heavy atom. The number of hydrogen-bond donors (Lipinski definition) is 0. The van der Waals surface area contributed by atoms with Gasteiger partial charge >= 0.3 is 0 Å². The largest absolute Gasteiger partial charge is 0.344 e. The molecule has 2 aliphatic heterocycles. The summed E-state index contributed by atoms with van der Waals surface area (Å²) < 4.78 is 6.90. The molecular weight excluding hydrogens is 335 g/mol. The van der Waals surface area contributed by atoms with Gasteiger partial charge in [0, 0.05) is 19.0 Å². The van der Waals surface area contributed by atoms with E-state index in [9.17, 15) is 0 Å². The van der Waals surface area contributed by atoms with Crippen molar-refractivity contribution in [2.45, 2.75) is 10.9 Å². The molecule has 2 aliphatic rings. The molecule has 118 valence electrons. The molecule has 3 aromatic carbocycles. The second-order valence-corrected chi connectivity index (χ2v) is 9.27. The number of hydrogen-bond acceptors (Lipinski definition) is 1. The smallest absolute Gasteiger partial charge is 0.153 e. The Hall–Kier alpha value is -1.66. The summed E-state index contributed by atoms with van der Waals surface area (Å²) in [6.07, 6.45) is 0.847. The zero-order valence-corrected chi connectivity index (χ0v) is 14.7. The molecule has 0 radical (unpaired) electrons. The van der Waals surface area contributed by atoms with Crippen LogP contribution >= 0.6 is 18.5 Å². The molecule has 3 aromatic rings. The molecule has 0 amide bonds. The number of fused-ring (bicyclic) bond motifs is 5. The Morgan fingerprint density at radius 3 is 1.92 bits per heavy atom. The van der Waals surface area contributed by atoms with Crippen LogP contribution in [0.3, 0.4) is 0 Å². The average Bonchev–Trinajstić information content (AvgIpc) is 3.14. The minimum Gasteiger partial charge on any atom is -0.344 e. The summed E-state index contributed by atoms with van der Waals surface area (Å²) in [6.45, 7) is 0. The highest BCUT2D eigenvalue weighted by atomic mass is 35.7. The van der Waals surface area contributed by atoms with Gasteiger partial charge in [-0.25, -0.2) is 0 Å². The van der Waals surface area contributed by atoms with Crippen LogP contribution in [0.5, 0.6) is 0 Å². The third kappa shape index (κ3) is 1.73. The van der Waals surface area contributed by atoms with Crippen LogP contribution in [0.4, 0.5) is 0 Å². The molecule has 0 spiro atoms. The molecule has 2 heterocycles. The van der Waals surface area contributed by atoms with E-state index in [1.807, 2.05) is 12.1 Å². The molecule has 1 saturated heterocycles. The molecule has 1 nitrogen and oxygen atoms in total. The van der Waals surface area contributed by atoms with Gasteiger partial charge < -0.3 is 4.74 Å². The fourth-order valence-corrected chi connectivity index (χ4v) is 7.48. The van der Waals surface area contributed by atoms with Crippen molar-refractivity contribution in [3.05, 3.63) is 107 Å². The van der Waals surface area contributed by atoms with Gasteiger partial charge in [0.25, 0.3) is 0 Å². The van der Waals surface area contributed by atoms with E-state index >= 15 is 0 Å². The number of ether oxygens (including phenoxy) is 1. The summed E-state index contributed by atoms with van der Waals surface area (Å²) in [7, 11) is -0.848. The average molecular weight is 351 g/mol. The van der Waals surface area contributed by atoms with Gasteiger partial charge in [0.2, 0.25) is 0 Å². The van der Waals surface area contributed by atoms with Gasteiger partial charge in [-0.1, -0.05) is 96.2 Å².